The van der Waals surface area contributed by atoms with E-state index in [0.29, 0.717) is 13.2 Å². The number of carbonyl (C=O) groups is 1. The molecule has 2 aromatic carbocycles. The lowest BCUT2D eigenvalue weighted by molar-refractivity contribution is -0.122. The van der Waals surface area contributed by atoms with Crippen molar-refractivity contribution in [3.05, 3.63) is 53.8 Å². The molecule has 5 rings (SSSR count). The van der Waals surface area contributed by atoms with Crippen molar-refractivity contribution in [1.82, 2.24) is 15.1 Å². The van der Waals surface area contributed by atoms with Gasteiger partial charge in [0.05, 0.1) is 19.4 Å². The number of unbranched alkanes of at least 4 members (excludes halogenated alkanes) is 2. The number of rotatable bonds is 12. The standard InChI is InChI=1S/C29H36ClN3O3/c30-24-8-6-23(7-9-24)27-21-36-28-18-25(10-11-26(27)28)35-17-3-1-2-12-32-13-15-33(16-14-32)20-29(34)31-19-22-4-5-22/h6-11,18,21-22H,1-5,12-17,19-20H2,(H,31,34). The van der Waals surface area contributed by atoms with Crippen molar-refractivity contribution in [2.75, 3.05) is 52.4 Å². The van der Waals surface area contributed by atoms with Gasteiger partial charge in [-0.1, -0.05) is 23.7 Å². The van der Waals surface area contributed by atoms with E-state index in [1.165, 1.54) is 19.3 Å². The Hall–Kier alpha value is -2.54. The Labute approximate surface area is 218 Å². The molecule has 1 aliphatic carbocycles. The molecule has 192 valence electrons. The van der Waals surface area contributed by atoms with Gasteiger partial charge in [-0.2, -0.15) is 0 Å². The highest BCUT2D eigenvalue weighted by Gasteiger charge is 2.23. The smallest absolute Gasteiger partial charge is 0.234 e. The summed E-state index contributed by atoms with van der Waals surface area (Å²) < 4.78 is 11.8. The van der Waals surface area contributed by atoms with E-state index in [1.807, 2.05) is 36.4 Å². The Morgan fingerprint density at radius 2 is 1.78 bits per heavy atom. The van der Waals surface area contributed by atoms with Crippen molar-refractivity contribution >= 4 is 28.5 Å². The van der Waals surface area contributed by atoms with E-state index in [9.17, 15) is 4.79 Å². The fourth-order valence-electron chi connectivity index (χ4n) is 4.77. The fraction of sp³-hybridized carbons (Fsp3) is 0.483. The SMILES string of the molecule is O=C(CN1CCN(CCCCCOc2ccc3c(-c4ccc(Cl)cc4)coc3c2)CC1)NCC1CC1. The van der Waals surface area contributed by atoms with Crippen LogP contribution in [0.25, 0.3) is 22.1 Å². The van der Waals surface area contributed by atoms with Crippen molar-refractivity contribution in [2.24, 2.45) is 5.92 Å². The molecule has 7 heteroatoms. The van der Waals surface area contributed by atoms with Gasteiger partial charge in [-0.15, -0.1) is 0 Å². The summed E-state index contributed by atoms with van der Waals surface area (Å²) in [6.45, 7) is 7.30. The van der Waals surface area contributed by atoms with Gasteiger partial charge in [0.25, 0.3) is 0 Å². The molecule has 0 bridgehead atoms. The minimum atomic E-state index is 0.184. The average Bonchev–Trinajstić information content (AvgIpc) is 3.64. The molecule has 2 aliphatic rings. The zero-order valence-corrected chi connectivity index (χ0v) is 21.6. The molecule has 0 spiro atoms. The van der Waals surface area contributed by atoms with Crippen molar-refractivity contribution < 1.29 is 13.9 Å². The molecule has 1 N–H and O–H groups in total. The maximum Gasteiger partial charge on any atom is 0.234 e. The second kappa shape index (κ2) is 12.1. The minimum absolute atomic E-state index is 0.184. The molecule has 2 fully saturated rings. The Kier molecular flexibility index (Phi) is 8.47. The summed E-state index contributed by atoms with van der Waals surface area (Å²) in [5.74, 6) is 1.77. The number of furan rings is 1. The first kappa shape index (κ1) is 25.1. The summed E-state index contributed by atoms with van der Waals surface area (Å²) in [6, 6.07) is 13.9. The van der Waals surface area contributed by atoms with Crippen LogP contribution in [-0.2, 0) is 4.79 Å². The summed E-state index contributed by atoms with van der Waals surface area (Å²) in [5.41, 5.74) is 2.98. The normalized spacial score (nSPS) is 16.9. The number of hydrogen-bond donors (Lipinski definition) is 1. The summed E-state index contributed by atoms with van der Waals surface area (Å²) in [5, 5.41) is 4.87. The van der Waals surface area contributed by atoms with Crippen molar-refractivity contribution in [1.29, 1.82) is 0 Å². The second-order valence-corrected chi connectivity index (χ2v) is 10.5. The summed E-state index contributed by atoms with van der Waals surface area (Å²) in [4.78, 5) is 16.8. The lowest BCUT2D eigenvalue weighted by atomic mass is 10.0. The number of piperazine rings is 1. The topological polar surface area (TPSA) is 58.0 Å². The van der Waals surface area contributed by atoms with Gasteiger partial charge in [-0.3, -0.25) is 9.69 Å². The van der Waals surface area contributed by atoms with Gasteiger partial charge in [0.1, 0.15) is 11.3 Å². The van der Waals surface area contributed by atoms with E-state index in [0.717, 1.165) is 90.9 Å². The zero-order valence-electron chi connectivity index (χ0n) is 20.9. The van der Waals surface area contributed by atoms with Crippen LogP contribution in [0, 0.1) is 5.92 Å². The van der Waals surface area contributed by atoms with E-state index < -0.39 is 0 Å². The van der Waals surface area contributed by atoms with Gasteiger partial charge in [-0.05, 0) is 74.4 Å². The van der Waals surface area contributed by atoms with Crippen LogP contribution in [0.3, 0.4) is 0 Å². The van der Waals surface area contributed by atoms with Gasteiger partial charge >= 0.3 is 0 Å². The molecule has 36 heavy (non-hydrogen) atoms. The quantitative estimate of drug-likeness (QED) is 0.329. The molecule has 0 radical (unpaired) electrons. The predicted octanol–water partition coefficient (Wildman–Crippen LogP) is 5.45. The van der Waals surface area contributed by atoms with E-state index in [-0.39, 0.29) is 5.91 Å². The summed E-state index contributed by atoms with van der Waals surface area (Å²) in [6.07, 6.45) is 7.70. The van der Waals surface area contributed by atoms with E-state index in [1.54, 1.807) is 6.26 Å². The lowest BCUT2D eigenvalue weighted by Crippen LogP contribution is -2.49. The number of fused-ring (bicyclic) bond motifs is 1. The first-order chi connectivity index (χ1) is 17.6. The van der Waals surface area contributed by atoms with Crippen LogP contribution in [-0.4, -0.2) is 68.1 Å². The first-order valence-corrected chi connectivity index (χ1v) is 13.6. The number of nitrogens with zero attached hydrogens (tertiary/aromatic N) is 2. The van der Waals surface area contributed by atoms with Crippen LogP contribution in [0.2, 0.25) is 5.02 Å². The molecular weight excluding hydrogens is 474 g/mol. The fourth-order valence-corrected chi connectivity index (χ4v) is 4.89. The Morgan fingerprint density at radius 3 is 2.56 bits per heavy atom. The van der Waals surface area contributed by atoms with Crippen LogP contribution in [0.1, 0.15) is 32.1 Å². The Balaban J connectivity index is 0.961. The zero-order chi connectivity index (χ0) is 24.7. The third-order valence-electron chi connectivity index (χ3n) is 7.21. The average molecular weight is 510 g/mol. The van der Waals surface area contributed by atoms with Gasteiger partial charge in [0.15, 0.2) is 0 Å². The van der Waals surface area contributed by atoms with Crippen molar-refractivity contribution in [2.45, 2.75) is 32.1 Å². The molecule has 1 aromatic heterocycles. The number of nitrogens with one attached hydrogen (secondary N) is 1. The monoisotopic (exact) mass is 509 g/mol. The van der Waals surface area contributed by atoms with Crippen LogP contribution in [0.4, 0.5) is 0 Å². The molecule has 3 aromatic rings. The highest BCUT2D eigenvalue weighted by atomic mass is 35.5. The van der Waals surface area contributed by atoms with Crippen LogP contribution < -0.4 is 10.1 Å². The molecule has 0 atom stereocenters. The van der Waals surface area contributed by atoms with Crippen LogP contribution >= 0.6 is 11.6 Å². The third kappa shape index (κ3) is 7.02. The molecule has 1 aliphatic heterocycles. The molecule has 1 saturated heterocycles. The molecular formula is C29H36ClN3O3. The number of amides is 1. The van der Waals surface area contributed by atoms with Gasteiger partial charge in [0, 0.05) is 54.8 Å². The number of benzene rings is 2. The van der Waals surface area contributed by atoms with Gasteiger partial charge in [-0.25, -0.2) is 0 Å². The van der Waals surface area contributed by atoms with E-state index in [2.05, 4.69) is 21.2 Å². The Morgan fingerprint density at radius 1 is 1.00 bits per heavy atom. The summed E-state index contributed by atoms with van der Waals surface area (Å²) >= 11 is 6.01. The number of halogens is 1. The van der Waals surface area contributed by atoms with E-state index >= 15 is 0 Å². The maximum atomic E-state index is 12.0. The molecule has 1 saturated carbocycles. The highest BCUT2D eigenvalue weighted by molar-refractivity contribution is 6.30. The number of hydrogen-bond acceptors (Lipinski definition) is 5. The first-order valence-electron chi connectivity index (χ1n) is 13.3. The van der Waals surface area contributed by atoms with Crippen LogP contribution in [0.15, 0.2) is 53.1 Å². The van der Waals surface area contributed by atoms with Crippen LogP contribution in [0.5, 0.6) is 5.75 Å². The third-order valence-corrected chi connectivity index (χ3v) is 7.46. The largest absolute Gasteiger partial charge is 0.493 e. The van der Waals surface area contributed by atoms with E-state index in [4.69, 9.17) is 20.8 Å². The van der Waals surface area contributed by atoms with Crippen molar-refractivity contribution in [3.63, 3.8) is 0 Å². The molecule has 1 amide bonds. The summed E-state index contributed by atoms with van der Waals surface area (Å²) in [7, 11) is 0. The Bertz CT molecular complexity index is 1130. The molecule has 6 nitrogen and oxygen atoms in total. The number of ether oxygens (including phenoxy) is 1. The minimum Gasteiger partial charge on any atom is -0.493 e. The lowest BCUT2D eigenvalue weighted by Gasteiger charge is -2.34. The second-order valence-electron chi connectivity index (χ2n) is 10.1. The number of carbonyl (C=O) groups excluding carboxylic acids is 1. The van der Waals surface area contributed by atoms with Gasteiger partial charge < -0.3 is 19.4 Å². The van der Waals surface area contributed by atoms with Gasteiger partial charge in [0.2, 0.25) is 5.91 Å². The molecule has 0 unspecified atom stereocenters. The maximum absolute atomic E-state index is 12.0. The van der Waals surface area contributed by atoms with Crippen molar-refractivity contribution in [3.8, 4) is 16.9 Å². The molecule has 2 heterocycles. The predicted molar refractivity (Wildman–Crippen MR) is 145 cm³/mol. The highest BCUT2D eigenvalue weighted by Crippen LogP contribution is 2.33.